The summed E-state index contributed by atoms with van der Waals surface area (Å²) in [5.41, 5.74) is 0.801. The van der Waals surface area contributed by atoms with Crippen LogP contribution in [0.5, 0.6) is 5.75 Å². The Hall–Kier alpha value is -1.51. The molecule has 0 aromatic heterocycles. The molecule has 0 bridgehead atoms. The molecular formula is C18H20F4O3S. The summed E-state index contributed by atoms with van der Waals surface area (Å²) in [5, 5.41) is 0.358. The van der Waals surface area contributed by atoms with E-state index in [1.165, 1.54) is 12.1 Å². The van der Waals surface area contributed by atoms with Crippen molar-refractivity contribution in [1.29, 1.82) is 0 Å². The number of alkyl halides is 4. The molecular weight excluding hydrogens is 372 g/mol. The van der Waals surface area contributed by atoms with Crippen molar-refractivity contribution in [3.05, 3.63) is 48.1 Å². The molecule has 1 heterocycles. The minimum absolute atomic E-state index is 0.102. The minimum Gasteiger partial charge on any atom is -0.487 e. The van der Waals surface area contributed by atoms with Crippen LogP contribution >= 0.6 is 11.8 Å². The van der Waals surface area contributed by atoms with Gasteiger partial charge in [-0.25, -0.2) is 8.78 Å². The zero-order valence-electron chi connectivity index (χ0n) is 14.1. The Balaban J connectivity index is 1.78. The predicted octanol–water partition coefficient (Wildman–Crippen LogP) is 4.64. The first-order chi connectivity index (χ1) is 12.4. The maximum Gasteiger partial charge on any atom is 0.340 e. The van der Waals surface area contributed by atoms with Gasteiger partial charge in [-0.1, -0.05) is 30.4 Å². The van der Waals surface area contributed by atoms with Crippen LogP contribution in [0.4, 0.5) is 17.6 Å². The van der Waals surface area contributed by atoms with Crippen molar-refractivity contribution in [2.24, 2.45) is 0 Å². The van der Waals surface area contributed by atoms with Crippen LogP contribution in [0.3, 0.4) is 0 Å². The second-order valence-corrected chi connectivity index (χ2v) is 6.69. The maximum absolute atomic E-state index is 12.8. The Bertz CT molecular complexity index is 597. The molecule has 0 N–H and O–H groups in total. The van der Waals surface area contributed by atoms with E-state index in [0.29, 0.717) is 18.5 Å². The molecule has 0 unspecified atom stereocenters. The zero-order chi connectivity index (χ0) is 19.0. The molecule has 1 fully saturated rings. The Kier molecular flexibility index (Phi) is 7.99. The maximum atomic E-state index is 12.8. The van der Waals surface area contributed by atoms with Gasteiger partial charge in [-0.2, -0.15) is 20.5 Å². The van der Waals surface area contributed by atoms with Gasteiger partial charge < -0.3 is 14.2 Å². The molecule has 1 aliphatic heterocycles. The SMILES string of the molecule is CSC1COC(C=CC=Cc2ccc(OCC(F)(F)C(F)F)cc2)OC1. The standard InChI is InChI=1S/C18H20F4O3S/c1-26-15-10-23-16(24-11-15)5-3-2-4-13-6-8-14(9-7-13)25-12-18(21,22)17(19)20/h2-9,15-17H,10-12H2,1H3. The van der Waals surface area contributed by atoms with Gasteiger partial charge in [0, 0.05) is 0 Å². The number of benzene rings is 1. The summed E-state index contributed by atoms with van der Waals surface area (Å²) in [6.45, 7) is -0.0702. The van der Waals surface area contributed by atoms with E-state index in [0.717, 1.165) is 5.56 Å². The lowest BCUT2D eigenvalue weighted by Gasteiger charge is -2.26. The molecule has 26 heavy (non-hydrogen) atoms. The van der Waals surface area contributed by atoms with E-state index in [4.69, 9.17) is 14.2 Å². The van der Waals surface area contributed by atoms with E-state index in [9.17, 15) is 17.6 Å². The normalized spacial score (nSPS) is 21.8. The Labute approximate surface area is 154 Å². The topological polar surface area (TPSA) is 27.7 Å². The highest BCUT2D eigenvalue weighted by molar-refractivity contribution is 7.99. The Morgan fingerprint density at radius 3 is 2.42 bits per heavy atom. The Morgan fingerprint density at radius 1 is 1.19 bits per heavy atom. The molecule has 0 spiro atoms. The molecule has 1 aromatic carbocycles. The van der Waals surface area contributed by atoms with E-state index < -0.39 is 19.0 Å². The first-order valence-electron chi connectivity index (χ1n) is 7.90. The van der Waals surface area contributed by atoms with Crippen LogP contribution in [0, 0.1) is 0 Å². The largest absolute Gasteiger partial charge is 0.487 e. The predicted molar refractivity (Wildman–Crippen MR) is 94.1 cm³/mol. The van der Waals surface area contributed by atoms with Crippen LogP contribution in [0.2, 0.25) is 0 Å². The molecule has 8 heteroatoms. The van der Waals surface area contributed by atoms with Crippen molar-refractivity contribution in [2.45, 2.75) is 23.9 Å². The highest BCUT2D eigenvalue weighted by Gasteiger charge is 2.41. The van der Waals surface area contributed by atoms with Crippen LogP contribution in [0.25, 0.3) is 6.08 Å². The molecule has 0 aliphatic carbocycles. The Morgan fingerprint density at radius 2 is 1.85 bits per heavy atom. The molecule has 144 valence electrons. The number of rotatable bonds is 8. The van der Waals surface area contributed by atoms with Gasteiger partial charge in [-0.15, -0.1) is 0 Å². The molecule has 1 aromatic rings. The molecule has 0 amide bonds. The van der Waals surface area contributed by atoms with Gasteiger partial charge in [0.15, 0.2) is 12.9 Å². The number of hydrogen-bond acceptors (Lipinski definition) is 4. The summed E-state index contributed by atoms with van der Waals surface area (Å²) in [6.07, 6.45) is 5.05. The third kappa shape index (κ3) is 6.66. The summed E-state index contributed by atoms with van der Waals surface area (Å²) in [5.74, 6) is -4.06. The first kappa shape index (κ1) is 20.8. The quantitative estimate of drug-likeness (QED) is 0.476. The number of hydrogen-bond donors (Lipinski definition) is 0. The van der Waals surface area contributed by atoms with Gasteiger partial charge in [0.25, 0.3) is 0 Å². The summed E-state index contributed by atoms with van der Waals surface area (Å²) < 4.78 is 65.5. The molecule has 1 saturated heterocycles. The second-order valence-electron chi connectivity index (χ2n) is 5.56. The second kappa shape index (κ2) is 9.99. The highest BCUT2D eigenvalue weighted by atomic mass is 32.2. The van der Waals surface area contributed by atoms with E-state index >= 15 is 0 Å². The lowest BCUT2D eigenvalue weighted by Crippen LogP contribution is -2.33. The fraction of sp³-hybridized carbons (Fsp3) is 0.444. The van der Waals surface area contributed by atoms with Crippen LogP contribution < -0.4 is 4.74 Å². The molecule has 2 rings (SSSR count). The molecule has 1 aliphatic rings. The summed E-state index contributed by atoms with van der Waals surface area (Å²) in [7, 11) is 0. The van der Waals surface area contributed by atoms with Gasteiger partial charge in [0.05, 0.1) is 18.5 Å². The fourth-order valence-corrected chi connectivity index (χ4v) is 2.42. The van der Waals surface area contributed by atoms with Crippen molar-refractivity contribution in [3.8, 4) is 5.75 Å². The molecule has 3 nitrogen and oxygen atoms in total. The lowest BCUT2D eigenvalue weighted by atomic mass is 10.2. The van der Waals surface area contributed by atoms with Crippen LogP contribution in [-0.4, -0.2) is 50.0 Å². The summed E-state index contributed by atoms with van der Waals surface area (Å²) >= 11 is 1.70. The van der Waals surface area contributed by atoms with E-state index in [1.54, 1.807) is 48.2 Å². The first-order valence-corrected chi connectivity index (χ1v) is 9.19. The van der Waals surface area contributed by atoms with Crippen molar-refractivity contribution < 1.29 is 31.8 Å². The lowest BCUT2D eigenvalue weighted by molar-refractivity contribution is -0.148. The number of halogens is 4. The zero-order valence-corrected chi connectivity index (χ0v) is 14.9. The van der Waals surface area contributed by atoms with E-state index in [2.05, 4.69) is 0 Å². The number of allylic oxidation sites excluding steroid dienone is 2. The van der Waals surface area contributed by atoms with Crippen molar-refractivity contribution >= 4 is 17.8 Å². The van der Waals surface area contributed by atoms with Crippen LogP contribution in [0.1, 0.15) is 5.56 Å². The summed E-state index contributed by atoms with van der Waals surface area (Å²) in [6, 6.07) is 6.16. The summed E-state index contributed by atoms with van der Waals surface area (Å²) in [4.78, 5) is 0. The fourth-order valence-electron chi connectivity index (χ4n) is 1.99. The molecule has 0 atom stereocenters. The van der Waals surface area contributed by atoms with Crippen molar-refractivity contribution in [3.63, 3.8) is 0 Å². The highest BCUT2D eigenvalue weighted by Crippen LogP contribution is 2.24. The van der Waals surface area contributed by atoms with Gasteiger partial charge in [0.2, 0.25) is 0 Å². The van der Waals surface area contributed by atoms with Crippen LogP contribution in [-0.2, 0) is 9.47 Å². The molecule has 0 saturated carbocycles. The van der Waals surface area contributed by atoms with Gasteiger partial charge in [-0.3, -0.25) is 0 Å². The minimum atomic E-state index is -4.16. The van der Waals surface area contributed by atoms with Crippen molar-refractivity contribution in [1.82, 2.24) is 0 Å². The average molecular weight is 392 g/mol. The molecule has 0 radical (unpaired) electrons. The monoisotopic (exact) mass is 392 g/mol. The van der Waals surface area contributed by atoms with Gasteiger partial charge in [0.1, 0.15) is 5.75 Å². The third-order valence-electron chi connectivity index (χ3n) is 3.52. The smallest absolute Gasteiger partial charge is 0.340 e. The van der Waals surface area contributed by atoms with Gasteiger partial charge in [-0.05, 0) is 30.0 Å². The van der Waals surface area contributed by atoms with Crippen molar-refractivity contribution in [2.75, 3.05) is 26.1 Å². The van der Waals surface area contributed by atoms with E-state index in [1.807, 2.05) is 6.26 Å². The number of thioether (sulfide) groups is 1. The van der Waals surface area contributed by atoms with E-state index in [-0.39, 0.29) is 12.0 Å². The third-order valence-corrected chi connectivity index (χ3v) is 4.46. The average Bonchev–Trinajstić information content (AvgIpc) is 2.65. The number of ether oxygens (including phenoxy) is 3. The van der Waals surface area contributed by atoms with Gasteiger partial charge >= 0.3 is 12.3 Å². The van der Waals surface area contributed by atoms with Crippen LogP contribution in [0.15, 0.2) is 42.5 Å².